The van der Waals surface area contributed by atoms with Crippen LogP contribution in [0.25, 0.3) is 0 Å². The number of ether oxygens (including phenoxy) is 3. The van der Waals surface area contributed by atoms with Crippen molar-refractivity contribution in [1.82, 2.24) is 0 Å². The highest BCUT2D eigenvalue weighted by molar-refractivity contribution is 5.89. The van der Waals surface area contributed by atoms with Crippen LogP contribution in [-0.2, 0) is 14.2 Å². The Balaban J connectivity index is 0.000000280. The van der Waals surface area contributed by atoms with E-state index in [0.29, 0.717) is 18.8 Å². The Bertz CT molecular complexity index is 331. The van der Waals surface area contributed by atoms with E-state index in [4.69, 9.17) is 14.2 Å². The second-order valence-corrected chi connectivity index (χ2v) is 3.70. The van der Waals surface area contributed by atoms with Crippen LogP contribution in [0.15, 0.2) is 30.3 Å². The number of hydrogen-bond acceptors (Lipinski definition) is 4. The molecule has 1 saturated heterocycles. The lowest BCUT2D eigenvalue weighted by atomic mass is 10.2. The van der Waals surface area contributed by atoms with E-state index >= 15 is 0 Å². The van der Waals surface area contributed by atoms with E-state index in [1.165, 1.54) is 0 Å². The summed E-state index contributed by atoms with van der Waals surface area (Å²) in [5, 5.41) is 0. The summed E-state index contributed by atoms with van der Waals surface area (Å²) in [6.07, 6.45) is 0.132. The first-order chi connectivity index (χ1) is 8.77. The third-order valence-corrected chi connectivity index (χ3v) is 2.22. The zero-order valence-corrected chi connectivity index (χ0v) is 10.9. The summed E-state index contributed by atoms with van der Waals surface area (Å²) in [6, 6.07) is 8.95. The summed E-state index contributed by atoms with van der Waals surface area (Å²) >= 11 is 0. The Hall–Kier alpha value is -1.39. The number of carbonyl (C=O) groups is 1. The Morgan fingerprint density at radius 2 is 1.89 bits per heavy atom. The van der Waals surface area contributed by atoms with Gasteiger partial charge in [-0.05, 0) is 26.0 Å². The van der Waals surface area contributed by atoms with Gasteiger partial charge in [-0.1, -0.05) is 18.2 Å². The third kappa shape index (κ3) is 6.37. The van der Waals surface area contributed by atoms with E-state index in [1.54, 1.807) is 12.1 Å². The van der Waals surface area contributed by atoms with Gasteiger partial charge in [0.15, 0.2) is 0 Å². The van der Waals surface area contributed by atoms with Gasteiger partial charge in [-0.3, -0.25) is 0 Å². The van der Waals surface area contributed by atoms with Crippen LogP contribution in [0.1, 0.15) is 24.2 Å². The van der Waals surface area contributed by atoms with Gasteiger partial charge in [0.25, 0.3) is 0 Å². The van der Waals surface area contributed by atoms with Crippen molar-refractivity contribution in [3.63, 3.8) is 0 Å². The highest BCUT2D eigenvalue weighted by Crippen LogP contribution is 2.10. The van der Waals surface area contributed by atoms with Crippen molar-refractivity contribution in [2.75, 3.05) is 26.4 Å². The topological polar surface area (TPSA) is 48.1 Å². The Kier molecular flexibility index (Phi) is 7.06. The molecule has 0 bridgehead atoms. The summed E-state index contributed by atoms with van der Waals surface area (Å²) < 4.78 is 14.7. The Morgan fingerprint density at radius 3 is 2.33 bits per heavy atom. The molecule has 4 heteroatoms. The zero-order valence-electron chi connectivity index (χ0n) is 10.9. The molecule has 1 aliphatic heterocycles. The van der Waals surface area contributed by atoms with Crippen molar-refractivity contribution in [2.45, 2.75) is 20.0 Å². The minimum Gasteiger partial charge on any atom is -0.459 e. The number of esters is 1. The Labute approximate surface area is 108 Å². The van der Waals surface area contributed by atoms with Crippen LogP contribution in [0.3, 0.4) is 0 Å². The van der Waals surface area contributed by atoms with Crippen LogP contribution < -0.4 is 0 Å². The normalized spacial score (nSPS) is 16.4. The molecule has 1 atom stereocenters. The molecule has 1 aliphatic rings. The first-order valence-electron chi connectivity index (χ1n) is 6.19. The van der Waals surface area contributed by atoms with Crippen molar-refractivity contribution in [3.05, 3.63) is 35.9 Å². The lowest BCUT2D eigenvalue weighted by molar-refractivity contribution is 0.0476. The number of epoxide rings is 1. The molecule has 0 spiro atoms. The molecule has 18 heavy (non-hydrogen) atoms. The van der Waals surface area contributed by atoms with Gasteiger partial charge in [0, 0.05) is 13.2 Å². The summed E-state index contributed by atoms with van der Waals surface area (Å²) in [7, 11) is 0. The average Bonchev–Trinajstić information content (AvgIpc) is 3.23. The zero-order chi connectivity index (χ0) is 13.2. The molecule has 0 amide bonds. The van der Waals surface area contributed by atoms with E-state index in [-0.39, 0.29) is 12.1 Å². The number of benzene rings is 1. The molecular formula is C14H20O4. The molecule has 2 rings (SSSR count). The van der Waals surface area contributed by atoms with Gasteiger partial charge in [0.1, 0.15) is 12.7 Å². The van der Waals surface area contributed by atoms with Gasteiger partial charge in [-0.2, -0.15) is 0 Å². The second-order valence-electron chi connectivity index (χ2n) is 3.70. The van der Waals surface area contributed by atoms with Crippen molar-refractivity contribution < 1.29 is 19.0 Å². The van der Waals surface area contributed by atoms with Gasteiger partial charge in [-0.15, -0.1) is 0 Å². The van der Waals surface area contributed by atoms with Gasteiger partial charge in [0.05, 0.1) is 12.2 Å². The molecule has 0 N–H and O–H groups in total. The number of carbonyl (C=O) groups excluding carboxylic acids is 1. The van der Waals surface area contributed by atoms with Crippen molar-refractivity contribution in [2.24, 2.45) is 0 Å². The van der Waals surface area contributed by atoms with Crippen molar-refractivity contribution >= 4 is 5.97 Å². The fourth-order valence-corrected chi connectivity index (χ4v) is 1.19. The molecule has 0 saturated carbocycles. The molecule has 4 nitrogen and oxygen atoms in total. The van der Waals surface area contributed by atoms with Crippen molar-refractivity contribution in [3.8, 4) is 0 Å². The van der Waals surface area contributed by atoms with Crippen LogP contribution in [-0.4, -0.2) is 38.5 Å². The molecule has 0 aliphatic carbocycles. The fourth-order valence-electron chi connectivity index (χ4n) is 1.19. The maximum absolute atomic E-state index is 11.3. The molecule has 1 unspecified atom stereocenters. The largest absolute Gasteiger partial charge is 0.459 e. The molecule has 0 aromatic heterocycles. The van der Waals surface area contributed by atoms with Gasteiger partial charge >= 0.3 is 5.97 Å². The highest BCUT2D eigenvalue weighted by Gasteiger charge is 2.24. The molecule has 0 radical (unpaired) electrons. The van der Waals surface area contributed by atoms with E-state index in [2.05, 4.69) is 0 Å². The summed E-state index contributed by atoms with van der Waals surface area (Å²) in [6.45, 7) is 6.75. The van der Waals surface area contributed by atoms with Gasteiger partial charge in [-0.25, -0.2) is 4.79 Å². The Morgan fingerprint density at radius 1 is 1.28 bits per heavy atom. The fraction of sp³-hybridized carbons (Fsp3) is 0.500. The second kappa shape index (κ2) is 8.66. The van der Waals surface area contributed by atoms with E-state index in [1.807, 2.05) is 32.0 Å². The van der Waals surface area contributed by atoms with Crippen molar-refractivity contribution in [1.29, 1.82) is 0 Å². The predicted molar refractivity (Wildman–Crippen MR) is 68.6 cm³/mol. The summed E-state index contributed by atoms with van der Waals surface area (Å²) in [4.78, 5) is 11.3. The molecule has 1 heterocycles. The van der Waals surface area contributed by atoms with E-state index in [9.17, 15) is 4.79 Å². The maximum atomic E-state index is 11.3. The smallest absolute Gasteiger partial charge is 0.338 e. The first kappa shape index (κ1) is 14.7. The molecule has 1 fully saturated rings. The van der Waals surface area contributed by atoms with Crippen LogP contribution in [0.2, 0.25) is 0 Å². The summed E-state index contributed by atoms with van der Waals surface area (Å²) in [5.41, 5.74) is 0.586. The van der Waals surface area contributed by atoms with Crippen LogP contribution >= 0.6 is 0 Å². The molecular weight excluding hydrogens is 232 g/mol. The minimum atomic E-state index is -0.281. The quantitative estimate of drug-likeness (QED) is 0.596. The molecule has 100 valence electrons. The molecule has 1 aromatic rings. The highest BCUT2D eigenvalue weighted by atomic mass is 16.6. The first-order valence-corrected chi connectivity index (χ1v) is 6.19. The standard InChI is InChI=1S/C10H10O3.C4H10O/c11-10(13-7-9-6-12-9)8-4-2-1-3-5-8;1-3-5-4-2/h1-5,9H,6-7H2;3-4H2,1-2H3. The van der Waals surface area contributed by atoms with E-state index < -0.39 is 0 Å². The SMILES string of the molecule is CCOCC.O=C(OCC1CO1)c1ccccc1. The lowest BCUT2D eigenvalue weighted by Gasteiger charge is -2.01. The van der Waals surface area contributed by atoms with Gasteiger partial charge in [0.2, 0.25) is 0 Å². The average molecular weight is 252 g/mol. The minimum absolute atomic E-state index is 0.132. The number of hydrogen-bond donors (Lipinski definition) is 0. The third-order valence-electron chi connectivity index (χ3n) is 2.22. The van der Waals surface area contributed by atoms with Crippen LogP contribution in [0, 0.1) is 0 Å². The lowest BCUT2D eigenvalue weighted by Crippen LogP contribution is -2.09. The monoisotopic (exact) mass is 252 g/mol. The van der Waals surface area contributed by atoms with Gasteiger partial charge < -0.3 is 14.2 Å². The van der Waals surface area contributed by atoms with Crippen LogP contribution in [0.5, 0.6) is 0 Å². The van der Waals surface area contributed by atoms with E-state index in [0.717, 1.165) is 13.2 Å². The van der Waals surface area contributed by atoms with Crippen LogP contribution in [0.4, 0.5) is 0 Å². The summed E-state index contributed by atoms with van der Waals surface area (Å²) in [5.74, 6) is -0.281. The number of rotatable bonds is 5. The maximum Gasteiger partial charge on any atom is 0.338 e. The predicted octanol–water partition coefficient (Wildman–Crippen LogP) is 2.29. The molecule has 1 aromatic carbocycles.